The second-order valence-corrected chi connectivity index (χ2v) is 6.79. The van der Waals surface area contributed by atoms with Crippen LogP contribution in [0.3, 0.4) is 0 Å². The second kappa shape index (κ2) is 6.07. The fraction of sp³-hybridized carbons (Fsp3) is 0.625. The molecular formula is C8H12O8S2. The standard InChI is InChI=1S/C8H12O8S2/c9-5(10)4-8(6(11)12,7(13)14)2-1-3-18(15,16)17/h1-4H2,(H,9,10)(H,11,12)(H,13,14)(H,15,16,17). The molecule has 0 aliphatic carbocycles. The number of carboxylic acids is 3. The molecule has 0 spiro atoms. The van der Waals surface area contributed by atoms with Crippen molar-refractivity contribution in [3.63, 3.8) is 0 Å². The van der Waals surface area contributed by atoms with Gasteiger partial charge >= 0.3 is 17.9 Å². The van der Waals surface area contributed by atoms with Gasteiger partial charge in [-0.15, -0.1) is 0 Å². The minimum absolute atomic E-state index is 0.273. The molecule has 0 heterocycles. The molecule has 0 amide bonds. The molecule has 0 aromatic carbocycles. The van der Waals surface area contributed by atoms with Crippen LogP contribution < -0.4 is 0 Å². The second-order valence-electron chi connectivity index (χ2n) is 3.65. The van der Waals surface area contributed by atoms with Crippen LogP contribution in [-0.4, -0.2) is 47.7 Å². The molecule has 0 saturated heterocycles. The monoisotopic (exact) mass is 300 g/mol. The first-order valence-corrected chi connectivity index (χ1v) is 7.26. The summed E-state index contributed by atoms with van der Waals surface area (Å²) in [6, 6.07) is 0. The Morgan fingerprint density at radius 3 is 1.83 bits per heavy atom. The van der Waals surface area contributed by atoms with Crippen LogP contribution in [0.5, 0.6) is 0 Å². The van der Waals surface area contributed by atoms with Crippen molar-refractivity contribution in [2.45, 2.75) is 19.3 Å². The fourth-order valence-corrected chi connectivity index (χ4v) is 2.22. The Morgan fingerprint density at radius 2 is 1.56 bits per heavy atom. The largest absolute Gasteiger partial charge is 0.481 e. The predicted molar refractivity (Wildman–Crippen MR) is 62.2 cm³/mol. The average molecular weight is 300 g/mol. The molecule has 0 radical (unpaired) electrons. The fourth-order valence-electron chi connectivity index (χ4n) is 1.36. The van der Waals surface area contributed by atoms with Crippen LogP contribution in [0.15, 0.2) is 0 Å². The van der Waals surface area contributed by atoms with Crippen LogP contribution in [0.4, 0.5) is 0 Å². The summed E-state index contributed by atoms with van der Waals surface area (Å²) in [6.45, 7) is 0. The van der Waals surface area contributed by atoms with E-state index in [0.717, 1.165) is 0 Å². The van der Waals surface area contributed by atoms with Gasteiger partial charge in [0, 0.05) is 16.9 Å². The molecule has 0 aliphatic rings. The molecule has 0 aromatic heterocycles. The summed E-state index contributed by atoms with van der Waals surface area (Å²) in [5.74, 6) is -5.65. The Kier molecular flexibility index (Phi) is 5.64. The van der Waals surface area contributed by atoms with Gasteiger partial charge in [-0.05, 0) is 12.8 Å². The highest BCUT2D eigenvalue weighted by Crippen LogP contribution is 2.29. The molecule has 1 unspecified atom stereocenters. The van der Waals surface area contributed by atoms with E-state index in [-0.39, 0.29) is 6.42 Å². The van der Waals surface area contributed by atoms with Gasteiger partial charge in [0.25, 0.3) is 0 Å². The van der Waals surface area contributed by atoms with Gasteiger partial charge in [-0.1, -0.05) is 0 Å². The van der Waals surface area contributed by atoms with E-state index in [0.29, 0.717) is 0 Å². The Bertz CT molecular complexity index is 438. The third-order valence-corrected chi connectivity index (χ3v) is 3.58. The molecule has 10 heteroatoms. The minimum Gasteiger partial charge on any atom is -0.481 e. The van der Waals surface area contributed by atoms with Crippen molar-refractivity contribution >= 4 is 37.9 Å². The summed E-state index contributed by atoms with van der Waals surface area (Å²) in [4.78, 5) is 32.4. The zero-order valence-corrected chi connectivity index (χ0v) is 10.7. The Morgan fingerprint density at radius 1 is 1.11 bits per heavy atom. The van der Waals surface area contributed by atoms with Gasteiger partial charge in [-0.25, -0.2) is 4.21 Å². The first kappa shape index (κ1) is 16.7. The zero-order valence-electron chi connectivity index (χ0n) is 9.07. The van der Waals surface area contributed by atoms with Crippen LogP contribution in [0.25, 0.3) is 0 Å². The van der Waals surface area contributed by atoms with Crippen molar-refractivity contribution in [2.24, 2.45) is 5.41 Å². The van der Waals surface area contributed by atoms with Gasteiger partial charge in [0.15, 0.2) is 5.41 Å². The number of rotatable bonds is 8. The molecule has 4 N–H and O–H groups in total. The molecular weight excluding hydrogens is 288 g/mol. The van der Waals surface area contributed by atoms with Gasteiger partial charge < -0.3 is 19.9 Å². The van der Waals surface area contributed by atoms with Crippen LogP contribution >= 0.6 is 0 Å². The summed E-state index contributed by atoms with van der Waals surface area (Å²) >= 11 is 4.16. The smallest absolute Gasteiger partial charge is 0.321 e. The Labute approximate surface area is 107 Å². The minimum atomic E-state index is -3.53. The third kappa shape index (κ3) is 4.94. The lowest BCUT2D eigenvalue weighted by Gasteiger charge is -2.22. The molecule has 0 aromatic rings. The van der Waals surface area contributed by atoms with Gasteiger partial charge in [0.1, 0.15) is 8.77 Å². The SMILES string of the molecule is O=C(O)CC(CCCS(=O)(O)=S)(C(=O)O)C(=O)O. The first-order chi connectivity index (χ1) is 8.01. The van der Waals surface area contributed by atoms with Gasteiger partial charge in [0.2, 0.25) is 0 Å². The van der Waals surface area contributed by atoms with Crippen molar-refractivity contribution in [1.29, 1.82) is 0 Å². The highest BCUT2D eigenvalue weighted by atomic mass is 32.8. The molecule has 0 bridgehead atoms. The summed E-state index contributed by atoms with van der Waals surface area (Å²) in [7, 11) is -3.53. The Balaban J connectivity index is 5.03. The number of hydrogen-bond acceptors (Lipinski definition) is 5. The van der Waals surface area contributed by atoms with Crippen molar-refractivity contribution in [3.8, 4) is 0 Å². The van der Waals surface area contributed by atoms with E-state index in [2.05, 4.69) is 11.2 Å². The number of carboxylic acid groups (broad SMARTS) is 3. The van der Waals surface area contributed by atoms with Gasteiger partial charge in [-0.3, -0.25) is 14.4 Å². The maximum Gasteiger partial charge on any atom is 0.321 e. The highest BCUT2D eigenvalue weighted by Gasteiger charge is 2.48. The number of carbonyl (C=O) groups is 3. The van der Waals surface area contributed by atoms with Crippen molar-refractivity contribution in [3.05, 3.63) is 0 Å². The van der Waals surface area contributed by atoms with Gasteiger partial charge in [-0.2, -0.15) is 0 Å². The molecule has 8 nitrogen and oxygen atoms in total. The van der Waals surface area contributed by atoms with Crippen LogP contribution in [0.2, 0.25) is 0 Å². The highest BCUT2D eigenvalue weighted by molar-refractivity contribution is 8.29. The third-order valence-electron chi connectivity index (χ3n) is 2.28. The quantitative estimate of drug-likeness (QED) is 0.440. The van der Waals surface area contributed by atoms with Crippen molar-refractivity contribution in [2.75, 3.05) is 5.75 Å². The molecule has 0 saturated carbocycles. The lowest BCUT2D eigenvalue weighted by molar-refractivity contribution is -0.170. The molecule has 0 fully saturated rings. The number of aliphatic carboxylic acids is 3. The van der Waals surface area contributed by atoms with Gasteiger partial charge in [0.05, 0.1) is 6.42 Å². The summed E-state index contributed by atoms with van der Waals surface area (Å²) in [5, 5.41) is 26.3. The van der Waals surface area contributed by atoms with E-state index in [1.807, 2.05) is 0 Å². The molecule has 0 aliphatic heterocycles. The maximum atomic E-state index is 10.9. The normalized spacial score (nSPS) is 14.7. The molecule has 104 valence electrons. The number of hydrogen-bond donors (Lipinski definition) is 4. The molecule has 1 atom stereocenters. The van der Waals surface area contributed by atoms with E-state index in [9.17, 15) is 18.6 Å². The summed E-state index contributed by atoms with van der Waals surface area (Å²) in [6.07, 6.45) is -1.97. The lowest BCUT2D eigenvalue weighted by atomic mass is 9.80. The van der Waals surface area contributed by atoms with Crippen molar-refractivity contribution in [1.82, 2.24) is 0 Å². The molecule has 0 rings (SSSR count). The van der Waals surface area contributed by atoms with E-state index >= 15 is 0 Å². The summed E-state index contributed by atoms with van der Waals surface area (Å²) in [5.41, 5.74) is -2.51. The van der Waals surface area contributed by atoms with Crippen molar-refractivity contribution < 1.29 is 38.5 Å². The maximum absolute atomic E-state index is 10.9. The van der Waals surface area contributed by atoms with E-state index < -0.39 is 50.7 Å². The van der Waals surface area contributed by atoms with E-state index in [4.69, 9.17) is 19.9 Å². The molecule has 18 heavy (non-hydrogen) atoms. The van der Waals surface area contributed by atoms with E-state index in [1.54, 1.807) is 0 Å². The van der Waals surface area contributed by atoms with E-state index in [1.165, 1.54) is 0 Å². The van der Waals surface area contributed by atoms with Crippen LogP contribution in [0.1, 0.15) is 19.3 Å². The predicted octanol–water partition coefficient (Wildman–Crippen LogP) is -0.384. The Hall–Kier alpha value is -1.26. The topological polar surface area (TPSA) is 149 Å². The van der Waals surface area contributed by atoms with Crippen LogP contribution in [-0.2, 0) is 34.3 Å². The first-order valence-electron chi connectivity index (χ1n) is 4.65. The zero-order chi connectivity index (χ0) is 14.6. The van der Waals surface area contributed by atoms with Crippen LogP contribution in [0, 0.1) is 5.41 Å². The lowest BCUT2D eigenvalue weighted by Crippen LogP contribution is -2.41. The average Bonchev–Trinajstić information content (AvgIpc) is 2.12. The summed E-state index contributed by atoms with van der Waals surface area (Å²) < 4.78 is 19.6.